The van der Waals surface area contributed by atoms with Crippen LogP contribution in [-0.2, 0) is 6.18 Å². The van der Waals surface area contributed by atoms with Gasteiger partial charge in [0.05, 0.1) is 11.1 Å². The van der Waals surface area contributed by atoms with Gasteiger partial charge in [-0.25, -0.2) is 0 Å². The lowest BCUT2D eigenvalue weighted by molar-refractivity contribution is -0.137. The van der Waals surface area contributed by atoms with Crippen molar-refractivity contribution in [3.05, 3.63) is 47.7 Å². The molecule has 2 aromatic rings. The van der Waals surface area contributed by atoms with Gasteiger partial charge in [-0.15, -0.1) is 0 Å². The molecule has 0 atom stereocenters. The molecule has 0 spiro atoms. The molecule has 0 saturated carbocycles. The van der Waals surface area contributed by atoms with Crippen LogP contribution in [0.1, 0.15) is 15.9 Å². The second-order valence-corrected chi connectivity index (χ2v) is 3.64. The molecule has 0 radical (unpaired) electrons. The molecule has 1 aromatic heterocycles. The van der Waals surface area contributed by atoms with Crippen molar-refractivity contribution >= 4 is 5.91 Å². The highest BCUT2D eigenvalue weighted by molar-refractivity contribution is 5.93. The van der Waals surface area contributed by atoms with E-state index in [0.717, 1.165) is 18.4 Å². The van der Waals surface area contributed by atoms with E-state index in [1.165, 1.54) is 18.2 Å². The summed E-state index contributed by atoms with van der Waals surface area (Å²) in [7, 11) is 0. The summed E-state index contributed by atoms with van der Waals surface area (Å²) in [6, 6.07) is 5.94. The molecule has 0 saturated heterocycles. The number of primary amides is 1. The second kappa shape index (κ2) is 4.21. The van der Waals surface area contributed by atoms with E-state index in [0.29, 0.717) is 0 Å². The third-order valence-corrected chi connectivity index (χ3v) is 2.36. The summed E-state index contributed by atoms with van der Waals surface area (Å²) in [6.45, 7) is 0. The van der Waals surface area contributed by atoms with Gasteiger partial charge < -0.3 is 10.2 Å². The zero-order valence-electron chi connectivity index (χ0n) is 8.99. The van der Waals surface area contributed by atoms with Crippen molar-refractivity contribution in [1.82, 2.24) is 0 Å². The van der Waals surface area contributed by atoms with Crippen molar-refractivity contribution < 1.29 is 22.4 Å². The highest BCUT2D eigenvalue weighted by Crippen LogP contribution is 2.32. The minimum Gasteiger partial charge on any atom is -0.464 e. The van der Waals surface area contributed by atoms with Gasteiger partial charge in [-0.3, -0.25) is 4.79 Å². The lowest BCUT2D eigenvalue weighted by atomic mass is 10.1. The predicted octanol–water partition coefficient (Wildman–Crippen LogP) is 3.06. The van der Waals surface area contributed by atoms with Crippen LogP contribution in [0.5, 0.6) is 0 Å². The Balaban J connectivity index is 2.41. The topological polar surface area (TPSA) is 56.2 Å². The van der Waals surface area contributed by atoms with Crippen molar-refractivity contribution in [1.29, 1.82) is 0 Å². The molecular weight excluding hydrogens is 247 g/mol. The van der Waals surface area contributed by atoms with Crippen LogP contribution in [0.4, 0.5) is 13.2 Å². The maximum atomic E-state index is 12.5. The zero-order chi connectivity index (χ0) is 13.3. The molecular formula is C12H8F3NO2. The van der Waals surface area contributed by atoms with E-state index in [-0.39, 0.29) is 16.9 Å². The number of nitrogens with two attached hydrogens (primary N) is 1. The maximum absolute atomic E-state index is 12.5. The summed E-state index contributed by atoms with van der Waals surface area (Å²) in [5.74, 6) is -0.535. The molecule has 18 heavy (non-hydrogen) atoms. The Bertz CT molecular complexity index is 587. The van der Waals surface area contributed by atoms with Gasteiger partial charge in [-0.05, 0) is 18.2 Å². The quantitative estimate of drug-likeness (QED) is 0.896. The Morgan fingerprint density at radius 1 is 1.22 bits per heavy atom. The van der Waals surface area contributed by atoms with Gasteiger partial charge in [-0.2, -0.15) is 13.2 Å². The van der Waals surface area contributed by atoms with E-state index < -0.39 is 17.6 Å². The van der Waals surface area contributed by atoms with Crippen LogP contribution in [0, 0.1) is 0 Å². The van der Waals surface area contributed by atoms with Crippen LogP contribution in [0.25, 0.3) is 11.3 Å². The molecule has 0 aliphatic heterocycles. The highest BCUT2D eigenvalue weighted by Gasteiger charge is 2.30. The van der Waals surface area contributed by atoms with Crippen LogP contribution in [-0.4, -0.2) is 5.91 Å². The molecule has 0 aliphatic rings. The monoisotopic (exact) mass is 255 g/mol. The first-order chi connectivity index (χ1) is 8.38. The molecule has 1 heterocycles. The summed E-state index contributed by atoms with van der Waals surface area (Å²) in [6.07, 6.45) is -3.31. The SMILES string of the molecule is NC(=O)c1coc(-c2cccc(C(F)(F)F)c2)c1. The molecule has 0 bridgehead atoms. The second-order valence-electron chi connectivity index (χ2n) is 3.64. The Morgan fingerprint density at radius 3 is 2.50 bits per heavy atom. The third-order valence-electron chi connectivity index (χ3n) is 2.36. The fourth-order valence-electron chi connectivity index (χ4n) is 1.47. The van der Waals surface area contributed by atoms with E-state index in [1.54, 1.807) is 0 Å². The number of alkyl halides is 3. The molecule has 0 unspecified atom stereocenters. The van der Waals surface area contributed by atoms with Crippen molar-refractivity contribution in [2.45, 2.75) is 6.18 Å². The first-order valence-corrected chi connectivity index (χ1v) is 4.94. The molecule has 2 N–H and O–H groups in total. The average molecular weight is 255 g/mol. The van der Waals surface area contributed by atoms with Gasteiger partial charge in [0.25, 0.3) is 5.91 Å². The van der Waals surface area contributed by atoms with Gasteiger partial charge >= 0.3 is 6.18 Å². The standard InChI is InChI=1S/C12H8F3NO2/c13-12(14,15)9-3-1-2-7(4-9)10-5-8(6-18-10)11(16)17/h1-6H,(H2,16,17). The van der Waals surface area contributed by atoms with Crippen LogP contribution >= 0.6 is 0 Å². The minimum atomic E-state index is -4.42. The summed E-state index contributed by atoms with van der Waals surface area (Å²) < 4.78 is 42.5. The Kier molecular flexibility index (Phi) is 2.86. The number of hydrogen-bond acceptors (Lipinski definition) is 2. The minimum absolute atomic E-state index is 0.113. The molecule has 0 fully saturated rings. The predicted molar refractivity (Wildman–Crippen MR) is 57.7 cm³/mol. The van der Waals surface area contributed by atoms with E-state index in [9.17, 15) is 18.0 Å². The smallest absolute Gasteiger partial charge is 0.416 e. The molecule has 1 aromatic carbocycles. The largest absolute Gasteiger partial charge is 0.464 e. The molecule has 2 rings (SSSR count). The van der Waals surface area contributed by atoms with Gasteiger partial charge in [0.15, 0.2) is 0 Å². The number of carbonyl (C=O) groups excluding carboxylic acids is 1. The number of rotatable bonds is 2. The summed E-state index contributed by atoms with van der Waals surface area (Å²) in [4.78, 5) is 10.9. The normalized spacial score (nSPS) is 11.5. The Hall–Kier alpha value is -2.24. The van der Waals surface area contributed by atoms with E-state index in [1.807, 2.05) is 0 Å². The molecule has 94 valence electrons. The number of hydrogen-bond donors (Lipinski definition) is 1. The number of amides is 1. The highest BCUT2D eigenvalue weighted by atomic mass is 19.4. The van der Waals surface area contributed by atoms with Gasteiger partial charge in [0.1, 0.15) is 12.0 Å². The summed E-state index contributed by atoms with van der Waals surface area (Å²) >= 11 is 0. The number of carbonyl (C=O) groups is 1. The van der Waals surface area contributed by atoms with Crippen LogP contribution in [0.15, 0.2) is 41.0 Å². The number of furan rings is 1. The molecule has 0 aliphatic carbocycles. The van der Waals surface area contributed by atoms with Crippen molar-refractivity contribution in [3.63, 3.8) is 0 Å². The van der Waals surface area contributed by atoms with Crippen LogP contribution in [0.2, 0.25) is 0 Å². The third kappa shape index (κ3) is 2.37. The fourth-order valence-corrected chi connectivity index (χ4v) is 1.47. The number of halogens is 3. The van der Waals surface area contributed by atoms with E-state index >= 15 is 0 Å². The van der Waals surface area contributed by atoms with Crippen molar-refractivity contribution in [3.8, 4) is 11.3 Å². The van der Waals surface area contributed by atoms with Crippen LogP contribution in [0.3, 0.4) is 0 Å². The Labute approximate surface area is 100 Å². The Morgan fingerprint density at radius 2 is 1.94 bits per heavy atom. The van der Waals surface area contributed by atoms with Crippen LogP contribution < -0.4 is 5.73 Å². The maximum Gasteiger partial charge on any atom is 0.416 e. The zero-order valence-corrected chi connectivity index (χ0v) is 8.99. The lowest BCUT2D eigenvalue weighted by Crippen LogP contribution is -2.09. The lowest BCUT2D eigenvalue weighted by Gasteiger charge is -2.07. The summed E-state index contributed by atoms with van der Waals surface area (Å²) in [5.41, 5.74) is 4.59. The van der Waals surface area contributed by atoms with E-state index in [2.05, 4.69) is 0 Å². The first-order valence-electron chi connectivity index (χ1n) is 4.94. The van der Waals surface area contributed by atoms with Gasteiger partial charge in [-0.1, -0.05) is 12.1 Å². The first kappa shape index (κ1) is 12.2. The van der Waals surface area contributed by atoms with Crippen molar-refractivity contribution in [2.24, 2.45) is 5.73 Å². The molecule has 6 heteroatoms. The van der Waals surface area contributed by atoms with E-state index in [4.69, 9.17) is 10.2 Å². The molecule has 3 nitrogen and oxygen atoms in total. The fraction of sp³-hybridized carbons (Fsp3) is 0.0833. The number of benzene rings is 1. The van der Waals surface area contributed by atoms with Gasteiger partial charge in [0, 0.05) is 5.56 Å². The van der Waals surface area contributed by atoms with Gasteiger partial charge in [0.2, 0.25) is 0 Å². The van der Waals surface area contributed by atoms with Crippen molar-refractivity contribution in [2.75, 3.05) is 0 Å². The summed E-state index contributed by atoms with van der Waals surface area (Å²) in [5, 5.41) is 0. The average Bonchev–Trinajstić information content (AvgIpc) is 2.77. The molecule has 1 amide bonds.